The third-order valence-corrected chi connectivity index (χ3v) is 10.6. The lowest BCUT2D eigenvalue weighted by Crippen LogP contribution is -2.76. The summed E-state index contributed by atoms with van der Waals surface area (Å²) in [5, 5.41) is 21.5. The molecule has 4 heterocycles. The molecule has 4 rings (SSSR count). The molecule has 0 bridgehead atoms. The van der Waals surface area contributed by atoms with Crippen LogP contribution in [0.5, 0.6) is 0 Å². The number of amides is 2. The molecule has 2 amide bonds. The van der Waals surface area contributed by atoms with E-state index in [0.717, 1.165) is 0 Å². The van der Waals surface area contributed by atoms with Gasteiger partial charge in [0.2, 0.25) is 11.3 Å². The molecule has 12 nitrogen and oxygen atoms in total. The highest BCUT2D eigenvalue weighted by atomic mass is 127. The van der Waals surface area contributed by atoms with Gasteiger partial charge in [-0.15, -0.1) is 16.9 Å². The van der Waals surface area contributed by atoms with Gasteiger partial charge in [-0.05, 0) is 62.5 Å². The quantitative estimate of drug-likeness (QED) is 0.250. The Kier molecular flexibility index (Phi) is 7.47. The molecule has 2 aliphatic rings. The van der Waals surface area contributed by atoms with Gasteiger partial charge in [0.15, 0.2) is 11.9 Å². The van der Waals surface area contributed by atoms with Crippen LogP contribution in [0.15, 0.2) is 11.0 Å². The van der Waals surface area contributed by atoms with Gasteiger partial charge in [0.25, 0.3) is 5.91 Å². The van der Waals surface area contributed by atoms with Crippen LogP contribution in [0, 0.1) is 19.5 Å². The highest BCUT2D eigenvalue weighted by molar-refractivity contribution is 14.1. The van der Waals surface area contributed by atoms with Crippen molar-refractivity contribution in [3.8, 4) is 0 Å². The Labute approximate surface area is 236 Å². The van der Waals surface area contributed by atoms with Crippen LogP contribution in [-0.2, 0) is 21.4 Å². The van der Waals surface area contributed by atoms with Crippen molar-refractivity contribution in [1.29, 1.82) is 0 Å². The number of aromatic nitrogens is 5. The first-order valence-corrected chi connectivity index (χ1v) is 14.1. The Morgan fingerprint density at radius 3 is 2.66 bits per heavy atom. The molecule has 0 spiro atoms. The standard InChI is InChI=1S/C19H21I2N7O5S2/c1-4-10(29)28(27-5-9(20)13(30)11(21)8(27)2)12-16(31)26-6-19(18(32)33,7-35-17(12)26)14(34)15-22-23-24-25(15)3/h5,12,14,17,34H,4,6-7H2,1-3H3,(H,32,33)/t12?,14?,17-,19?/m1/s1. The zero-order chi connectivity index (χ0) is 25.8. The number of pyridine rings is 1. The van der Waals surface area contributed by atoms with Gasteiger partial charge in [0.05, 0.1) is 18.1 Å². The van der Waals surface area contributed by atoms with Crippen molar-refractivity contribution in [2.45, 2.75) is 36.9 Å². The fourth-order valence-corrected chi connectivity index (χ4v) is 8.05. The van der Waals surface area contributed by atoms with E-state index < -0.39 is 28.0 Å². The van der Waals surface area contributed by atoms with Crippen molar-refractivity contribution in [3.63, 3.8) is 0 Å². The third kappa shape index (κ3) is 4.16. The zero-order valence-corrected chi connectivity index (χ0v) is 24.8. The predicted molar refractivity (Wildman–Crippen MR) is 147 cm³/mol. The lowest BCUT2D eigenvalue weighted by molar-refractivity contribution is -0.158. The van der Waals surface area contributed by atoms with E-state index in [-0.39, 0.29) is 41.8 Å². The van der Waals surface area contributed by atoms with Crippen LogP contribution in [0.2, 0.25) is 0 Å². The van der Waals surface area contributed by atoms with E-state index in [0.29, 0.717) is 12.8 Å². The number of carbonyl (C=O) groups is 3. The number of carboxylic acid groups (broad SMARTS) is 1. The van der Waals surface area contributed by atoms with E-state index in [1.54, 1.807) is 31.8 Å². The summed E-state index contributed by atoms with van der Waals surface area (Å²) in [4.78, 5) is 52.8. The maximum Gasteiger partial charge on any atom is 0.313 e. The van der Waals surface area contributed by atoms with Gasteiger partial charge in [-0.2, -0.15) is 12.6 Å². The highest BCUT2D eigenvalue weighted by Crippen LogP contribution is 2.50. The number of thiol groups is 1. The van der Waals surface area contributed by atoms with Crippen LogP contribution in [0.1, 0.15) is 30.1 Å². The van der Waals surface area contributed by atoms with Gasteiger partial charge < -0.3 is 10.0 Å². The van der Waals surface area contributed by atoms with Crippen molar-refractivity contribution in [3.05, 3.63) is 35.1 Å². The van der Waals surface area contributed by atoms with Crippen LogP contribution >= 0.6 is 69.6 Å². The number of aryl methyl sites for hydroxylation is 1. The summed E-state index contributed by atoms with van der Waals surface area (Å²) in [5.41, 5.74) is -1.01. The number of nitrogens with zero attached hydrogens (tertiary/aromatic N) is 7. The molecule has 4 atom stereocenters. The number of carbonyl (C=O) groups excluding carboxylic acids is 2. The molecule has 35 heavy (non-hydrogen) atoms. The molecule has 1 N–H and O–H groups in total. The average Bonchev–Trinajstić information content (AvgIpc) is 3.27. The fraction of sp³-hybridized carbons (Fsp3) is 0.526. The molecule has 0 aliphatic carbocycles. The van der Waals surface area contributed by atoms with Crippen LogP contribution in [0.25, 0.3) is 0 Å². The number of thioether (sulfide) groups is 1. The second kappa shape index (κ2) is 9.81. The Morgan fingerprint density at radius 1 is 1.40 bits per heavy atom. The first-order valence-electron chi connectivity index (χ1n) is 10.4. The summed E-state index contributed by atoms with van der Waals surface area (Å²) in [6.07, 6.45) is 1.71. The molecule has 16 heteroatoms. The summed E-state index contributed by atoms with van der Waals surface area (Å²) in [5.74, 6) is -1.33. The van der Waals surface area contributed by atoms with Gasteiger partial charge in [-0.25, -0.2) is 9.69 Å². The van der Waals surface area contributed by atoms with Crippen LogP contribution in [0.4, 0.5) is 0 Å². The first kappa shape index (κ1) is 26.6. The van der Waals surface area contributed by atoms with Gasteiger partial charge in [0.1, 0.15) is 10.8 Å². The number of aliphatic carboxylic acids is 1. The molecule has 2 aliphatic heterocycles. The molecule has 0 radical (unpaired) electrons. The largest absolute Gasteiger partial charge is 0.481 e. The summed E-state index contributed by atoms with van der Waals surface area (Å²) in [6.45, 7) is 3.33. The molecule has 2 fully saturated rings. The smallest absolute Gasteiger partial charge is 0.313 e. The van der Waals surface area contributed by atoms with Crippen LogP contribution in [0.3, 0.4) is 0 Å². The summed E-state index contributed by atoms with van der Waals surface area (Å²) in [6, 6.07) is -0.832. The molecular formula is C19H21I2N7O5S2. The second-order valence-corrected chi connectivity index (χ2v) is 12.1. The molecule has 2 saturated heterocycles. The number of hydrogen-bond donors (Lipinski definition) is 2. The van der Waals surface area contributed by atoms with E-state index in [1.165, 1.54) is 26.4 Å². The van der Waals surface area contributed by atoms with E-state index in [2.05, 4.69) is 28.2 Å². The Balaban J connectivity index is 1.69. The molecule has 0 aromatic carbocycles. The van der Waals surface area contributed by atoms with Crippen molar-refractivity contribution in [2.75, 3.05) is 17.3 Å². The minimum atomic E-state index is -1.43. The summed E-state index contributed by atoms with van der Waals surface area (Å²) < 4.78 is 3.82. The molecule has 0 saturated carbocycles. The summed E-state index contributed by atoms with van der Waals surface area (Å²) in [7, 11) is 1.60. The SMILES string of the molecule is CCC(=O)N(C1C(=O)N2CC(C(=O)O)(C(S)c3nnnn3C)CS[C@H]12)n1cc(I)c(=O)c(I)c1C. The average molecular weight is 745 g/mol. The maximum atomic E-state index is 13.4. The lowest BCUT2D eigenvalue weighted by atomic mass is 9.82. The zero-order valence-electron chi connectivity index (χ0n) is 18.8. The molecule has 2 aromatic heterocycles. The number of hydrogen-bond acceptors (Lipinski definition) is 9. The first-order chi connectivity index (χ1) is 16.5. The molecule has 188 valence electrons. The number of halogens is 2. The van der Waals surface area contributed by atoms with E-state index in [4.69, 9.17) is 0 Å². The molecule has 2 aromatic rings. The Bertz CT molecular complexity index is 1290. The number of fused-ring (bicyclic) bond motifs is 1. The lowest BCUT2D eigenvalue weighted by Gasteiger charge is -2.57. The van der Waals surface area contributed by atoms with Gasteiger partial charge in [0, 0.05) is 32.0 Å². The number of β-lactam (4-membered cyclic amide) rings is 1. The highest BCUT2D eigenvalue weighted by Gasteiger charge is 2.62. The fourth-order valence-electron chi connectivity index (χ4n) is 4.22. The van der Waals surface area contributed by atoms with Gasteiger partial charge in [-0.1, -0.05) is 6.92 Å². The molecular weight excluding hydrogens is 724 g/mol. The monoisotopic (exact) mass is 745 g/mol. The van der Waals surface area contributed by atoms with E-state index in [1.807, 2.05) is 45.2 Å². The van der Waals surface area contributed by atoms with Crippen molar-refractivity contribution in [2.24, 2.45) is 12.5 Å². The maximum absolute atomic E-state index is 13.4. The third-order valence-electron chi connectivity index (χ3n) is 6.29. The minimum Gasteiger partial charge on any atom is -0.481 e. The van der Waals surface area contributed by atoms with Crippen LogP contribution in [-0.4, -0.2) is 76.4 Å². The number of carboxylic acids is 1. The molecule has 3 unspecified atom stereocenters. The Morgan fingerprint density at radius 2 is 2.09 bits per heavy atom. The number of rotatable bonds is 6. The topological polar surface area (TPSA) is 144 Å². The van der Waals surface area contributed by atoms with Crippen molar-refractivity contribution >= 4 is 87.4 Å². The minimum absolute atomic E-state index is 0.0945. The van der Waals surface area contributed by atoms with Gasteiger partial charge >= 0.3 is 5.97 Å². The normalized spacial score (nSPS) is 24.5. The predicted octanol–water partition coefficient (Wildman–Crippen LogP) is 0.790. The van der Waals surface area contributed by atoms with Crippen molar-refractivity contribution < 1.29 is 19.5 Å². The van der Waals surface area contributed by atoms with Crippen molar-refractivity contribution in [1.82, 2.24) is 29.8 Å². The van der Waals surface area contributed by atoms with E-state index in [9.17, 15) is 24.3 Å². The van der Waals surface area contributed by atoms with Gasteiger partial charge in [-0.3, -0.25) is 23.9 Å². The van der Waals surface area contributed by atoms with E-state index >= 15 is 0 Å². The Hall–Kier alpha value is -1.41. The summed E-state index contributed by atoms with van der Waals surface area (Å²) >= 11 is 9.71. The van der Waals surface area contributed by atoms with Crippen LogP contribution < -0.4 is 10.4 Å². The second-order valence-electron chi connectivity index (χ2n) is 8.28. The number of tetrazole rings is 1.